The molecule has 3 heteroatoms. The summed E-state index contributed by atoms with van der Waals surface area (Å²) < 4.78 is 0. The van der Waals surface area contributed by atoms with Crippen LogP contribution in [0.25, 0.3) is 0 Å². The van der Waals surface area contributed by atoms with Gasteiger partial charge in [-0.05, 0) is 34.9 Å². The van der Waals surface area contributed by atoms with Gasteiger partial charge in [0.15, 0.2) is 0 Å². The lowest BCUT2D eigenvalue weighted by Gasteiger charge is -2.10. The zero-order valence-electron chi connectivity index (χ0n) is 10.5. The Labute approximate surface area is 123 Å². The Morgan fingerprint density at radius 1 is 1.11 bits per heavy atom. The molecular formula is C15H16Cl2S. The molecule has 0 nitrogen and oxygen atoms in total. The van der Waals surface area contributed by atoms with Gasteiger partial charge in [-0.1, -0.05) is 49.7 Å². The maximum atomic E-state index is 6.46. The van der Waals surface area contributed by atoms with Crippen molar-refractivity contribution in [1.29, 1.82) is 0 Å². The Morgan fingerprint density at radius 2 is 1.78 bits per heavy atom. The summed E-state index contributed by atoms with van der Waals surface area (Å²) in [6, 6.07) is 10.4. The molecular weight excluding hydrogens is 283 g/mol. The molecule has 0 spiro atoms. The summed E-state index contributed by atoms with van der Waals surface area (Å²) in [5.41, 5.74) is 2.46. The van der Waals surface area contributed by atoms with Crippen LogP contribution in [0.2, 0.25) is 5.02 Å². The Kier molecular flexibility index (Phi) is 4.71. The van der Waals surface area contributed by atoms with Crippen LogP contribution in [0, 0.1) is 5.92 Å². The second-order valence-corrected chi connectivity index (χ2v) is 6.63. The van der Waals surface area contributed by atoms with E-state index in [0.717, 1.165) is 21.9 Å². The van der Waals surface area contributed by atoms with Gasteiger partial charge in [-0.25, -0.2) is 0 Å². The lowest BCUT2D eigenvalue weighted by molar-refractivity contribution is 0.647. The van der Waals surface area contributed by atoms with Crippen molar-refractivity contribution in [3.63, 3.8) is 0 Å². The number of halogens is 2. The minimum Gasteiger partial charge on any atom is -0.145 e. The quantitative estimate of drug-likeness (QED) is 0.614. The SMILES string of the molecule is CC(C)Cc1ccc(C(Cl)c2sccc2Cl)cc1. The number of benzene rings is 1. The predicted molar refractivity (Wildman–Crippen MR) is 82.0 cm³/mol. The van der Waals surface area contributed by atoms with Gasteiger partial charge in [0, 0.05) is 4.88 Å². The van der Waals surface area contributed by atoms with Crippen LogP contribution in [0.3, 0.4) is 0 Å². The molecule has 0 amide bonds. The van der Waals surface area contributed by atoms with Crippen molar-refractivity contribution in [2.24, 2.45) is 5.92 Å². The molecule has 1 atom stereocenters. The van der Waals surface area contributed by atoms with E-state index in [1.807, 2.05) is 11.4 Å². The van der Waals surface area contributed by atoms with E-state index in [2.05, 4.69) is 38.1 Å². The molecule has 0 aliphatic heterocycles. The molecule has 0 N–H and O–H groups in total. The Balaban J connectivity index is 2.17. The van der Waals surface area contributed by atoms with E-state index in [-0.39, 0.29) is 5.38 Å². The van der Waals surface area contributed by atoms with Gasteiger partial charge in [0.25, 0.3) is 0 Å². The summed E-state index contributed by atoms with van der Waals surface area (Å²) in [7, 11) is 0. The van der Waals surface area contributed by atoms with Crippen molar-refractivity contribution in [2.75, 3.05) is 0 Å². The second kappa shape index (κ2) is 6.10. The summed E-state index contributed by atoms with van der Waals surface area (Å²) in [6.45, 7) is 4.45. The molecule has 1 aromatic carbocycles. The first kappa shape index (κ1) is 13.9. The lowest BCUT2D eigenvalue weighted by atomic mass is 10.0. The van der Waals surface area contributed by atoms with Crippen LogP contribution in [-0.2, 0) is 6.42 Å². The monoisotopic (exact) mass is 298 g/mol. The average Bonchev–Trinajstić information content (AvgIpc) is 2.75. The third-order valence-electron chi connectivity index (χ3n) is 2.79. The average molecular weight is 299 g/mol. The highest BCUT2D eigenvalue weighted by Gasteiger charge is 2.15. The van der Waals surface area contributed by atoms with Crippen molar-refractivity contribution < 1.29 is 0 Å². The standard InChI is InChI=1S/C15H16Cl2S/c1-10(2)9-11-3-5-12(6-4-11)14(17)15-13(16)7-8-18-15/h3-8,10,14H,9H2,1-2H3. The summed E-state index contributed by atoms with van der Waals surface area (Å²) >= 11 is 14.2. The van der Waals surface area contributed by atoms with E-state index in [1.165, 1.54) is 5.56 Å². The number of rotatable bonds is 4. The molecule has 1 heterocycles. The smallest absolute Gasteiger partial charge is 0.0942 e. The van der Waals surface area contributed by atoms with Gasteiger partial charge in [-0.3, -0.25) is 0 Å². The maximum absolute atomic E-state index is 6.46. The van der Waals surface area contributed by atoms with Crippen LogP contribution >= 0.6 is 34.5 Å². The third kappa shape index (κ3) is 3.28. The molecule has 2 aromatic rings. The van der Waals surface area contributed by atoms with Crippen LogP contribution in [0.15, 0.2) is 35.7 Å². The van der Waals surface area contributed by atoms with E-state index in [9.17, 15) is 0 Å². The van der Waals surface area contributed by atoms with Gasteiger partial charge >= 0.3 is 0 Å². The molecule has 0 fully saturated rings. The van der Waals surface area contributed by atoms with Crippen LogP contribution in [-0.4, -0.2) is 0 Å². The molecule has 0 aliphatic rings. The minimum atomic E-state index is -0.148. The van der Waals surface area contributed by atoms with Gasteiger partial charge in [0.2, 0.25) is 0 Å². The number of hydrogen-bond donors (Lipinski definition) is 0. The molecule has 96 valence electrons. The van der Waals surface area contributed by atoms with Crippen molar-refractivity contribution in [3.05, 3.63) is 56.7 Å². The molecule has 0 aliphatic carbocycles. The number of thiophene rings is 1. The van der Waals surface area contributed by atoms with Crippen molar-refractivity contribution in [1.82, 2.24) is 0 Å². The molecule has 1 aromatic heterocycles. The summed E-state index contributed by atoms with van der Waals surface area (Å²) in [4.78, 5) is 1.02. The zero-order valence-corrected chi connectivity index (χ0v) is 12.8. The Hall–Kier alpha value is -0.500. The van der Waals surface area contributed by atoms with E-state index >= 15 is 0 Å². The molecule has 18 heavy (non-hydrogen) atoms. The van der Waals surface area contributed by atoms with Gasteiger partial charge in [0.05, 0.1) is 10.4 Å². The first-order valence-electron chi connectivity index (χ1n) is 6.03. The highest BCUT2D eigenvalue weighted by molar-refractivity contribution is 7.11. The number of alkyl halides is 1. The lowest BCUT2D eigenvalue weighted by Crippen LogP contribution is -1.95. The zero-order chi connectivity index (χ0) is 13.1. The molecule has 2 rings (SSSR count). The third-order valence-corrected chi connectivity index (χ3v) is 4.81. The second-order valence-electron chi connectivity index (χ2n) is 4.83. The van der Waals surface area contributed by atoms with E-state index in [1.54, 1.807) is 11.3 Å². The van der Waals surface area contributed by atoms with Crippen LogP contribution in [0.5, 0.6) is 0 Å². The normalized spacial score (nSPS) is 12.9. The first-order chi connectivity index (χ1) is 8.58. The highest BCUT2D eigenvalue weighted by atomic mass is 35.5. The van der Waals surface area contributed by atoms with Gasteiger partial charge in [-0.2, -0.15) is 0 Å². The molecule has 0 saturated carbocycles. The fourth-order valence-electron chi connectivity index (χ4n) is 1.93. The highest BCUT2D eigenvalue weighted by Crippen LogP contribution is 2.37. The summed E-state index contributed by atoms with van der Waals surface area (Å²) in [5.74, 6) is 0.675. The van der Waals surface area contributed by atoms with Crippen LogP contribution in [0.4, 0.5) is 0 Å². The molecule has 1 unspecified atom stereocenters. The van der Waals surface area contributed by atoms with E-state index in [4.69, 9.17) is 23.2 Å². The largest absolute Gasteiger partial charge is 0.145 e. The fraction of sp³-hybridized carbons (Fsp3) is 0.333. The topological polar surface area (TPSA) is 0 Å². The Morgan fingerprint density at radius 3 is 2.28 bits per heavy atom. The van der Waals surface area contributed by atoms with E-state index < -0.39 is 0 Å². The summed E-state index contributed by atoms with van der Waals surface area (Å²) in [5, 5.41) is 2.58. The first-order valence-corrected chi connectivity index (χ1v) is 7.73. The maximum Gasteiger partial charge on any atom is 0.0942 e. The Bertz CT molecular complexity index is 499. The summed E-state index contributed by atoms with van der Waals surface area (Å²) in [6.07, 6.45) is 1.10. The molecule has 0 saturated heterocycles. The van der Waals surface area contributed by atoms with E-state index in [0.29, 0.717) is 5.92 Å². The van der Waals surface area contributed by atoms with Crippen LogP contribution < -0.4 is 0 Å². The van der Waals surface area contributed by atoms with Crippen molar-refractivity contribution in [2.45, 2.75) is 25.6 Å². The van der Waals surface area contributed by atoms with Gasteiger partial charge in [-0.15, -0.1) is 22.9 Å². The predicted octanol–water partition coefficient (Wildman–Crippen LogP) is 5.93. The molecule has 0 bridgehead atoms. The van der Waals surface area contributed by atoms with Gasteiger partial charge in [0.1, 0.15) is 0 Å². The van der Waals surface area contributed by atoms with Crippen LogP contribution in [0.1, 0.15) is 35.2 Å². The number of hydrogen-bond acceptors (Lipinski definition) is 1. The van der Waals surface area contributed by atoms with Gasteiger partial charge < -0.3 is 0 Å². The fourth-order valence-corrected chi connectivity index (χ4v) is 3.57. The molecule has 0 radical (unpaired) electrons. The van der Waals surface area contributed by atoms with Crippen molar-refractivity contribution >= 4 is 34.5 Å². The van der Waals surface area contributed by atoms with Crippen molar-refractivity contribution in [3.8, 4) is 0 Å². The minimum absolute atomic E-state index is 0.148.